The second-order valence-corrected chi connectivity index (χ2v) is 8.16. The van der Waals surface area contributed by atoms with Gasteiger partial charge in [-0.05, 0) is 44.3 Å². The van der Waals surface area contributed by atoms with E-state index in [2.05, 4.69) is 21.5 Å². The smallest absolute Gasteiger partial charge is 0.238 e. The molecule has 0 aliphatic rings. The minimum absolute atomic E-state index is 0.00676. The van der Waals surface area contributed by atoms with Crippen LogP contribution in [0.3, 0.4) is 0 Å². The van der Waals surface area contributed by atoms with Gasteiger partial charge in [0.05, 0.1) is 34.2 Å². The first-order valence-corrected chi connectivity index (χ1v) is 10.2. The van der Waals surface area contributed by atoms with Crippen LogP contribution in [0.5, 0.6) is 0 Å². The van der Waals surface area contributed by atoms with Crippen molar-refractivity contribution in [2.45, 2.75) is 13.0 Å². The third kappa shape index (κ3) is 4.29. The van der Waals surface area contributed by atoms with E-state index in [4.69, 9.17) is 16.6 Å². The molecular formula is C20H19ClN6OS. The normalized spacial score (nSPS) is 12.4. The van der Waals surface area contributed by atoms with Crippen molar-refractivity contribution in [1.29, 1.82) is 0 Å². The van der Waals surface area contributed by atoms with Crippen LogP contribution in [0.1, 0.15) is 18.0 Å². The van der Waals surface area contributed by atoms with Gasteiger partial charge >= 0.3 is 0 Å². The number of hydrogen-bond acceptors (Lipinski definition) is 6. The molecule has 2 aromatic heterocycles. The molecule has 2 aromatic carbocycles. The number of amides is 1. The molecule has 2 heterocycles. The minimum atomic E-state index is -0.149. The maximum absolute atomic E-state index is 12.7. The number of nitrogens with one attached hydrogen (secondary N) is 1. The van der Waals surface area contributed by atoms with E-state index in [-0.39, 0.29) is 18.5 Å². The van der Waals surface area contributed by atoms with E-state index < -0.39 is 0 Å². The fourth-order valence-corrected chi connectivity index (χ4v) is 4.21. The number of fused-ring (bicyclic) bond motifs is 1. The summed E-state index contributed by atoms with van der Waals surface area (Å²) in [5.41, 5.74) is 2.25. The molecule has 9 heteroatoms. The number of rotatable bonds is 6. The number of anilines is 1. The molecule has 1 N–H and O–H groups in total. The quantitative estimate of drug-likeness (QED) is 0.501. The van der Waals surface area contributed by atoms with Gasteiger partial charge < -0.3 is 5.32 Å². The topological polar surface area (TPSA) is 75.9 Å². The number of thiazole rings is 1. The summed E-state index contributed by atoms with van der Waals surface area (Å²) < 4.78 is 2.72. The zero-order valence-corrected chi connectivity index (χ0v) is 17.5. The highest BCUT2D eigenvalue weighted by atomic mass is 35.5. The number of carbonyl (C=O) groups excluding carboxylic acids is 1. The molecule has 1 amide bonds. The van der Waals surface area contributed by atoms with E-state index >= 15 is 0 Å². The molecule has 1 atom stereocenters. The van der Waals surface area contributed by atoms with Crippen LogP contribution in [0.25, 0.3) is 15.9 Å². The number of benzene rings is 2. The number of carbonyl (C=O) groups is 1. The highest BCUT2D eigenvalue weighted by Crippen LogP contribution is 2.29. The first-order chi connectivity index (χ1) is 14.0. The Morgan fingerprint density at radius 2 is 2.14 bits per heavy atom. The lowest BCUT2D eigenvalue weighted by Gasteiger charge is -2.22. The van der Waals surface area contributed by atoms with Gasteiger partial charge in [0.15, 0.2) is 0 Å². The van der Waals surface area contributed by atoms with E-state index in [0.717, 1.165) is 15.2 Å². The summed E-state index contributed by atoms with van der Waals surface area (Å²) in [6.07, 6.45) is 3.01. The summed E-state index contributed by atoms with van der Waals surface area (Å²) in [5.74, 6) is -0.149. The molecule has 0 bridgehead atoms. The Morgan fingerprint density at radius 3 is 2.90 bits per heavy atom. The van der Waals surface area contributed by atoms with Crippen LogP contribution in [-0.4, -0.2) is 44.1 Å². The summed E-state index contributed by atoms with van der Waals surface area (Å²) in [5, 5.41) is 8.57. The average molecular weight is 427 g/mol. The molecular weight excluding hydrogens is 408 g/mol. The van der Waals surface area contributed by atoms with Gasteiger partial charge in [-0.15, -0.1) is 11.3 Å². The van der Waals surface area contributed by atoms with Crippen molar-refractivity contribution in [3.8, 4) is 5.69 Å². The van der Waals surface area contributed by atoms with Crippen molar-refractivity contribution in [3.05, 3.63) is 65.1 Å². The monoisotopic (exact) mass is 426 g/mol. The van der Waals surface area contributed by atoms with Gasteiger partial charge in [-0.2, -0.15) is 5.10 Å². The fourth-order valence-electron chi connectivity index (χ4n) is 2.95. The van der Waals surface area contributed by atoms with E-state index in [1.807, 2.05) is 37.1 Å². The fraction of sp³-hybridized carbons (Fsp3) is 0.200. The number of nitrogens with zero attached hydrogens (tertiary/aromatic N) is 5. The molecule has 4 rings (SSSR count). The molecule has 0 spiro atoms. The third-order valence-electron chi connectivity index (χ3n) is 4.62. The van der Waals surface area contributed by atoms with Crippen LogP contribution >= 0.6 is 22.9 Å². The molecule has 4 aromatic rings. The van der Waals surface area contributed by atoms with Crippen molar-refractivity contribution in [2.75, 3.05) is 18.9 Å². The van der Waals surface area contributed by atoms with Gasteiger partial charge in [0, 0.05) is 5.02 Å². The van der Waals surface area contributed by atoms with Crippen LogP contribution in [0.2, 0.25) is 5.02 Å². The number of para-hydroxylation sites is 1. The number of likely N-dealkylation sites (N-methyl/N-ethyl adjacent to an activating group) is 1. The number of aromatic nitrogens is 4. The molecule has 0 fully saturated rings. The van der Waals surface area contributed by atoms with Crippen molar-refractivity contribution >= 4 is 44.7 Å². The zero-order valence-electron chi connectivity index (χ0n) is 15.9. The Balaban J connectivity index is 1.47. The second kappa shape index (κ2) is 8.28. The Hall–Kier alpha value is -2.81. The predicted molar refractivity (Wildman–Crippen MR) is 116 cm³/mol. The third-order valence-corrected chi connectivity index (χ3v) is 6.06. The van der Waals surface area contributed by atoms with Crippen LogP contribution in [-0.2, 0) is 4.79 Å². The Labute approximate surface area is 177 Å². The molecule has 0 saturated carbocycles. The Morgan fingerprint density at radius 1 is 1.31 bits per heavy atom. The van der Waals surface area contributed by atoms with Gasteiger partial charge in [0.1, 0.15) is 17.7 Å². The summed E-state index contributed by atoms with van der Waals surface area (Å²) >= 11 is 7.77. The van der Waals surface area contributed by atoms with E-state index in [1.54, 1.807) is 40.5 Å². The number of halogens is 1. The SMILES string of the molecule is C[C@@H](c1nc2ccccc2s1)N(C)CC(=O)Nc1cc(Cl)ccc1-n1cncn1. The Bertz CT molecular complexity index is 1110. The summed E-state index contributed by atoms with van der Waals surface area (Å²) in [6.45, 7) is 2.26. The molecule has 0 radical (unpaired) electrons. The van der Waals surface area contributed by atoms with Gasteiger partial charge in [-0.3, -0.25) is 9.69 Å². The Kier molecular flexibility index (Phi) is 5.57. The summed E-state index contributed by atoms with van der Waals surface area (Å²) in [7, 11) is 1.91. The standard InChI is InChI=1S/C20H19ClN6OS/c1-13(20-25-15-5-3-4-6-18(15)29-20)26(2)10-19(28)24-16-9-14(21)7-8-17(16)27-12-22-11-23-27/h3-9,11-13H,10H2,1-2H3,(H,24,28)/t13-/m0/s1. The zero-order chi connectivity index (χ0) is 20.4. The van der Waals surface area contributed by atoms with Crippen LogP contribution < -0.4 is 5.32 Å². The molecule has 0 unspecified atom stereocenters. The molecule has 148 valence electrons. The molecule has 0 aliphatic heterocycles. The van der Waals surface area contributed by atoms with Crippen LogP contribution in [0.15, 0.2) is 55.1 Å². The number of hydrogen-bond donors (Lipinski definition) is 1. The largest absolute Gasteiger partial charge is 0.323 e. The second-order valence-electron chi connectivity index (χ2n) is 6.66. The lowest BCUT2D eigenvalue weighted by molar-refractivity contribution is -0.117. The highest BCUT2D eigenvalue weighted by molar-refractivity contribution is 7.18. The first-order valence-electron chi connectivity index (χ1n) is 9.01. The van der Waals surface area contributed by atoms with Gasteiger partial charge in [0.25, 0.3) is 0 Å². The maximum Gasteiger partial charge on any atom is 0.238 e. The predicted octanol–water partition coefficient (Wildman–Crippen LogP) is 4.16. The van der Waals surface area contributed by atoms with E-state index in [9.17, 15) is 4.79 Å². The van der Waals surface area contributed by atoms with E-state index in [1.165, 1.54) is 6.33 Å². The van der Waals surface area contributed by atoms with Crippen LogP contribution in [0.4, 0.5) is 5.69 Å². The lowest BCUT2D eigenvalue weighted by atomic mass is 10.2. The summed E-state index contributed by atoms with van der Waals surface area (Å²) in [4.78, 5) is 23.3. The maximum atomic E-state index is 12.7. The first kappa shape index (κ1) is 19.5. The molecule has 29 heavy (non-hydrogen) atoms. The van der Waals surface area contributed by atoms with Crippen molar-refractivity contribution in [2.24, 2.45) is 0 Å². The van der Waals surface area contributed by atoms with Crippen LogP contribution in [0, 0.1) is 0 Å². The van der Waals surface area contributed by atoms with Gasteiger partial charge in [0.2, 0.25) is 5.91 Å². The highest BCUT2D eigenvalue weighted by Gasteiger charge is 2.19. The molecule has 7 nitrogen and oxygen atoms in total. The molecule has 0 aliphatic carbocycles. The lowest BCUT2D eigenvalue weighted by Crippen LogP contribution is -2.32. The van der Waals surface area contributed by atoms with Gasteiger partial charge in [-0.25, -0.2) is 14.6 Å². The van der Waals surface area contributed by atoms with E-state index in [0.29, 0.717) is 16.4 Å². The van der Waals surface area contributed by atoms with Gasteiger partial charge in [-0.1, -0.05) is 23.7 Å². The van der Waals surface area contributed by atoms with Crippen molar-refractivity contribution < 1.29 is 4.79 Å². The minimum Gasteiger partial charge on any atom is -0.323 e. The molecule has 0 saturated heterocycles. The average Bonchev–Trinajstić information content (AvgIpc) is 3.37. The van der Waals surface area contributed by atoms with Crippen molar-refractivity contribution in [1.82, 2.24) is 24.6 Å². The van der Waals surface area contributed by atoms with Crippen molar-refractivity contribution in [3.63, 3.8) is 0 Å². The summed E-state index contributed by atoms with van der Waals surface area (Å²) in [6, 6.07) is 13.3.